The first-order valence-corrected chi connectivity index (χ1v) is 7.97. The van der Waals surface area contributed by atoms with Crippen molar-refractivity contribution >= 4 is 22.9 Å². The molecule has 0 atom stereocenters. The van der Waals surface area contributed by atoms with Gasteiger partial charge >= 0.3 is 0 Å². The van der Waals surface area contributed by atoms with Gasteiger partial charge in [0.15, 0.2) is 11.6 Å². The Morgan fingerprint density at radius 3 is 2.60 bits per heavy atom. The smallest absolute Gasteiger partial charge is 0.193 e. The van der Waals surface area contributed by atoms with Crippen LogP contribution < -0.4 is 5.32 Å². The maximum Gasteiger partial charge on any atom is 0.193 e. The van der Waals surface area contributed by atoms with Gasteiger partial charge in [-0.2, -0.15) is 0 Å². The van der Waals surface area contributed by atoms with Crippen molar-refractivity contribution in [1.29, 1.82) is 0 Å². The molecule has 6 nitrogen and oxygen atoms in total. The van der Waals surface area contributed by atoms with Gasteiger partial charge in [0.1, 0.15) is 0 Å². The van der Waals surface area contributed by atoms with Crippen LogP contribution in [0.1, 0.15) is 35.2 Å². The topological polar surface area (TPSA) is 94.9 Å². The van der Waals surface area contributed by atoms with E-state index in [0.29, 0.717) is 28.9 Å². The molecule has 1 aliphatic carbocycles. The Balaban J connectivity index is 1.96. The van der Waals surface area contributed by atoms with Gasteiger partial charge in [0.25, 0.3) is 0 Å². The van der Waals surface area contributed by atoms with E-state index in [9.17, 15) is 9.59 Å². The molecule has 0 unspecified atom stereocenters. The molecule has 6 heteroatoms. The van der Waals surface area contributed by atoms with Gasteiger partial charge in [0.05, 0.1) is 5.69 Å². The largest absolute Gasteiger partial charge is 0.358 e. The number of allylic oxidation sites excluding steroid dienone is 2. The summed E-state index contributed by atoms with van der Waals surface area (Å²) in [5.74, 6) is -0.0551. The minimum atomic E-state index is -0.121. The van der Waals surface area contributed by atoms with Crippen molar-refractivity contribution in [3.63, 3.8) is 0 Å². The van der Waals surface area contributed by atoms with Gasteiger partial charge in [-0.3, -0.25) is 9.59 Å². The van der Waals surface area contributed by atoms with E-state index in [1.54, 1.807) is 48.5 Å². The lowest BCUT2D eigenvalue weighted by Crippen LogP contribution is -2.10. The zero-order valence-electron chi connectivity index (χ0n) is 13.5. The van der Waals surface area contributed by atoms with Crippen molar-refractivity contribution in [2.45, 2.75) is 19.3 Å². The molecule has 0 radical (unpaired) electrons. The van der Waals surface area contributed by atoms with Crippen LogP contribution in [0.25, 0.3) is 10.4 Å². The Bertz CT molecular complexity index is 897. The summed E-state index contributed by atoms with van der Waals surface area (Å²) in [7, 11) is 0. The summed E-state index contributed by atoms with van der Waals surface area (Å²) in [4.78, 5) is 27.0. The number of nitrogens with one attached hydrogen (secondary N) is 1. The van der Waals surface area contributed by atoms with Crippen molar-refractivity contribution in [3.05, 3.63) is 81.9 Å². The van der Waals surface area contributed by atoms with Crippen molar-refractivity contribution in [2.75, 3.05) is 5.32 Å². The zero-order chi connectivity index (χ0) is 17.6. The summed E-state index contributed by atoms with van der Waals surface area (Å²) in [5.41, 5.74) is 11.5. The molecule has 25 heavy (non-hydrogen) atoms. The average molecular weight is 332 g/mol. The summed E-state index contributed by atoms with van der Waals surface area (Å²) >= 11 is 0. The lowest BCUT2D eigenvalue weighted by Gasteiger charge is -2.16. The number of azide groups is 1. The van der Waals surface area contributed by atoms with Crippen LogP contribution >= 0.6 is 0 Å². The fourth-order valence-electron chi connectivity index (χ4n) is 2.73. The average Bonchev–Trinajstić information content (AvgIpc) is 2.63. The number of nitrogens with zero attached hydrogens (tertiary/aromatic N) is 3. The first kappa shape index (κ1) is 16.5. The molecule has 0 aliphatic heterocycles. The van der Waals surface area contributed by atoms with Crippen molar-refractivity contribution < 1.29 is 9.59 Å². The third-order valence-electron chi connectivity index (χ3n) is 3.95. The van der Waals surface area contributed by atoms with Crippen LogP contribution in [-0.2, 0) is 4.79 Å². The lowest BCUT2D eigenvalue weighted by molar-refractivity contribution is -0.115. The molecule has 1 N–H and O–H groups in total. The molecule has 0 spiro atoms. The normalized spacial score (nSPS) is 13.6. The standard InChI is InChI=1S/C19H16N4O2/c20-23-22-17-10-9-14(19(25)13-5-2-1-3-6-13)11-18(17)21-15-7-4-8-16(24)12-15/h1-3,5-6,9-12,21H,4,7-8H2. The molecule has 2 aromatic carbocycles. The molecular weight excluding hydrogens is 316 g/mol. The van der Waals surface area contributed by atoms with Gasteiger partial charge in [-0.15, -0.1) is 0 Å². The molecule has 0 saturated carbocycles. The van der Waals surface area contributed by atoms with E-state index < -0.39 is 0 Å². The SMILES string of the molecule is [N-]=[N+]=Nc1ccc(C(=O)c2ccccc2)cc1NC1=CC(=O)CCC1. The predicted molar refractivity (Wildman–Crippen MR) is 95.7 cm³/mol. The van der Waals surface area contributed by atoms with E-state index in [1.165, 1.54) is 0 Å². The Hall–Kier alpha value is -3.37. The van der Waals surface area contributed by atoms with E-state index in [1.807, 2.05) is 6.07 Å². The number of anilines is 1. The van der Waals surface area contributed by atoms with E-state index in [4.69, 9.17) is 5.53 Å². The number of benzene rings is 2. The number of hydrogen-bond acceptors (Lipinski definition) is 4. The number of hydrogen-bond donors (Lipinski definition) is 1. The van der Waals surface area contributed by atoms with Gasteiger partial charge in [-0.05, 0) is 30.5 Å². The minimum absolute atomic E-state index is 0.0654. The first-order valence-electron chi connectivity index (χ1n) is 7.97. The van der Waals surface area contributed by atoms with Gasteiger partial charge in [0, 0.05) is 39.9 Å². The van der Waals surface area contributed by atoms with E-state index in [2.05, 4.69) is 15.3 Å². The highest BCUT2D eigenvalue weighted by molar-refractivity contribution is 6.09. The van der Waals surface area contributed by atoms with Crippen molar-refractivity contribution in [2.24, 2.45) is 5.11 Å². The molecule has 0 fully saturated rings. The Morgan fingerprint density at radius 1 is 1.08 bits per heavy atom. The van der Waals surface area contributed by atoms with Gasteiger partial charge < -0.3 is 5.32 Å². The fraction of sp³-hybridized carbons (Fsp3) is 0.158. The fourth-order valence-corrected chi connectivity index (χ4v) is 2.73. The van der Waals surface area contributed by atoms with Crippen molar-refractivity contribution in [1.82, 2.24) is 0 Å². The first-order chi connectivity index (χ1) is 12.2. The summed E-state index contributed by atoms with van der Waals surface area (Å²) in [6.07, 6.45) is 3.62. The number of carbonyl (C=O) groups excluding carboxylic acids is 2. The predicted octanol–water partition coefficient (Wildman–Crippen LogP) is 4.91. The highest BCUT2D eigenvalue weighted by Gasteiger charge is 2.14. The van der Waals surface area contributed by atoms with Gasteiger partial charge in [0.2, 0.25) is 0 Å². The Labute approximate surface area is 144 Å². The molecule has 1 aliphatic rings. The van der Waals surface area contributed by atoms with Gasteiger partial charge in [-0.25, -0.2) is 0 Å². The second-order valence-electron chi connectivity index (χ2n) is 5.73. The van der Waals surface area contributed by atoms with Crippen LogP contribution in [0.5, 0.6) is 0 Å². The monoisotopic (exact) mass is 332 g/mol. The highest BCUT2D eigenvalue weighted by atomic mass is 16.1. The molecule has 0 bridgehead atoms. The molecule has 0 saturated heterocycles. The van der Waals surface area contributed by atoms with Crippen LogP contribution in [0.2, 0.25) is 0 Å². The second-order valence-corrected chi connectivity index (χ2v) is 5.73. The van der Waals surface area contributed by atoms with Crippen LogP contribution in [0, 0.1) is 0 Å². The summed E-state index contributed by atoms with van der Waals surface area (Å²) in [6, 6.07) is 13.8. The van der Waals surface area contributed by atoms with Crippen LogP contribution in [0.15, 0.2) is 65.4 Å². The van der Waals surface area contributed by atoms with Gasteiger partial charge in [-0.1, -0.05) is 41.5 Å². The maximum atomic E-state index is 12.6. The maximum absolute atomic E-state index is 12.6. The summed E-state index contributed by atoms with van der Waals surface area (Å²) in [6.45, 7) is 0. The van der Waals surface area contributed by atoms with E-state index in [-0.39, 0.29) is 11.6 Å². The minimum Gasteiger partial charge on any atom is -0.358 e. The van der Waals surface area contributed by atoms with Crippen LogP contribution in [-0.4, -0.2) is 11.6 Å². The third kappa shape index (κ3) is 3.94. The molecule has 124 valence electrons. The zero-order valence-corrected chi connectivity index (χ0v) is 13.5. The van der Waals surface area contributed by atoms with E-state index in [0.717, 1.165) is 18.5 Å². The Kier molecular flexibility index (Phi) is 4.92. The number of ketones is 2. The van der Waals surface area contributed by atoms with Crippen molar-refractivity contribution in [3.8, 4) is 0 Å². The van der Waals surface area contributed by atoms with Crippen LogP contribution in [0.4, 0.5) is 11.4 Å². The molecular formula is C19H16N4O2. The molecule has 3 rings (SSSR count). The van der Waals surface area contributed by atoms with Crippen LogP contribution in [0.3, 0.4) is 0 Å². The summed E-state index contributed by atoms with van der Waals surface area (Å²) in [5, 5.41) is 6.79. The molecule has 2 aromatic rings. The third-order valence-corrected chi connectivity index (χ3v) is 3.95. The molecule has 0 heterocycles. The molecule has 0 aromatic heterocycles. The Morgan fingerprint density at radius 2 is 1.88 bits per heavy atom. The number of carbonyl (C=O) groups is 2. The second kappa shape index (κ2) is 7.47. The molecule has 0 amide bonds. The lowest BCUT2D eigenvalue weighted by atomic mass is 10.0. The number of rotatable bonds is 5. The van der Waals surface area contributed by atoms with E-state index >= 15 is 0 Å². The quantitative estimate of drug-likeness (QED) is 0.365. The summed E-state index contributed by atoms with van der Waals surface area (Å²) < 4.78 is 0. The highest BCUT2D eigenvalue weighted by Crippen LogP contribution is 2.30.